The number of carbonyl (C=O) groups is 1. The van der Waals surface area contributed by atoms with E-state index in [-0.39, 0.29) is 5.91 Å². The second-order valence-electron chi connectivity index (χ2n) is 7.87. The molecule has 1 amide bonds. The number of aryl methyl sites for hydroxylation is 4. The molecule has 0 radical (unpaired) electrons. The zero-order valence-corrected chi connectivity index (χ0v) is 16.4. The zero-order valence-electron chi connectivity index (χ0n) is 16.4. The normalized spacial score (nSPS) is 14.0. The lowest BCUT2D eigenvalue weighted by Crippen LogP contribution is -2.27. The van der Waals surface area contributed by atoms with Crippen LogP contribution in [0.25, 0.3) is 10.9 Å². The third-order valence-corrected chi connectivity index (χ3v) is 5.52. The molecular weight excluding hydrogens is 336 g/mol. The van der Waals surface area contributed by atoms with E-state index in [2.05, 4.69) is 59.1 Å². The monoisotopic (exact) mass is 364 g/mol. The minimum atomic E-state index is 0.0843. The smallest absolute Gasteiger partial charge is 0.224 e. The molecule has 5 heteroatoms. The molecule has 0 unspecified atom stereocenters. The standard InChI is InChI=1S/C22H28N4O/c1-14-11-15(2)22-19(12-14)18(16(3)25-22)13-21(27)23-8-4-10-26-20(7-9-24-26)17-5-6-17/h7,9,11-12,17,25H,4-6,8,10,13H2,1-3H3,(H,23,27). The molecule has 27 heavy (non-hydrogen) atoms. The van der Waals surface area contributed by atoms with Crippen molar-refractivity contribution in [3.63, 3.8) is 0 Å². The first-order chi connectivity index (χ1) is 13.0. The molecule has 0 aliphatic heterocycles. The summed E-state index contributed by atoms with van der Waals surface area (Å²) in [7, 11) is 0. The minimum absolute atomic E-state index is 0.0843. The molecule has 0 atom stereocenters. The number of nitrogens with one attached hydrogen (secondary N) is 2. The molecule has 1 fully saturated rings. The van der Waals surface area contributed by atoms with Crippen molar-refractivity contribution in [3.8, 4) is 0 Å². The van der Waals surface area contributed by atoms with E-state index in [0.29, 0.717) is 18.9 Å². The van der Waals surface area contributed by atoms with Gasteiger partial charge in [-0.3, -0.25) is 9.48 Å². The number of fused-ring (bicyclic) bond motifs is 1. The van der Waals surface area contributed by atoms with Gasteiger partial charge >= 0.3 is 0 Å². The van der Waals surface area contributed by atoms with Crippen LogP contribution >= 0.6 is 0 Å². The number of hydrogen-bond acceptors (Lipinski definition) is 2. The second-order valence-corrected chi connectivity index (χ2v) is 7.87. The van der Waals surface area contributed by atoms with E-state index in [9.17, 15) is 4.79 Å². The molecule has 1 aliphatic carbocycles. The van der Waals surface area contributed by atoms with Crippen LogP contribution in [0.1, 0.15) is 53.3 Å². The molecule has 1 aromatic carbocycles. The molecule has 0 bridgehead atoms. The maximum absolute atomic E-state index is 12.5. The van der Waals surface area contributed by atoms with E-state index >= 15 is 0 Å². The highest BCUT2D eigenvalue weighted by Gasteiger charge is 2.26. The summed E-state index contributed by atoms with van der Waals surface area (Å²) in [6, 6.07) is 6.47. The van der Waals surface area contributed by atoms with Gasteiger partial charge in [-0.25, -0.2) is 0 Å². The second kappa shape index (κ2) is 7.22. The number of carbonyl (C=O) groups excluding carboxylic acids is 1. The average molecular weight is 364 g/mol. The lowest BCUT2D eigenvalue weighted by atomic mass is 10.0. The molecule has 4 rings (SSSR count). The highest BCUT2D eigenvalue weighted by molar-refractivity contribution is 5.92. The Kier molecular flexibility index (Phi) is 4.77. The molecule has 142 valence electrons. The maximum atomic E-state index is 12.5. The first-order valence-corrected chi connectivity index (χ1v) is 9.89. The largest absolute Gasteiger partial charge is 0.358 e. The Bertz CT molecular complexity index is 978. The van der Waals surface area contributed by atoms with Gasteiger partial charge in [0.15, 0.2) is 0 Å². The van der Waals surface area contributed by atoms with Crippen molar-refractivity contribution in [3.05, 3.63) is 52.5 Å². The summed E-state index contributed by atoms with van der Waals surface area (Å²) in [5.41, 5.74) is 7.14. The molecule has 1 saturated carbocycles. The van der Waals surface area contributed by atoms with E-state index in [0.717, 1.165) is 29.7 Å². The summed E-state index contributed by atoms with van der Waals surface area (Å²) in [4.78, 5) is 15.9. The van der Waals surface area contributed by atoms with Crippen LogP contribution in [0.5, 0.6) is 0 Å². The van der Waals surface area contributed by atoms with Crippen LogP contribution < -0.4 is 5.32 Å². The third kappa shape index (κ3) is 3.77. The van der Waals surface area contributed by atoms with E-state index in [4.69, 9.17) is 0 Å². The Balaban J connectivity index is 1.34. The van der Waals surface area contributed by atoms with Gasteiger partial charge in [0.2, 0.25) is 5.91 Å². The fraction of sp³-hybridized carbons (Fsp3) is 0.455. The summed E-state index contributed by atoms with van der Waals surface area (Å²) in [5, 5.41) is 8.66. The van der Waals surface area contributed by atoms with Gasteiger partial charge in [0.05, 0.1) is 6.42 Å². The van der Waals surface area contributed by atoms with Crippen LogP contribution in [0, 0.1) is 20.8 Å². The van der Waals surface area contributed by atoms with Crippen LogP contribution in [0.4, 0.5) is 0 Å². The Morgan fingerprint density at radius 1 is 1.30 bits per heavy atom. The van der Waals surface area contributed by atoms with Gasteiger partial charge in [-0.15, -0.1) is 0 Å². The predicted molar refractivity (Wildman–Crippen MR) is 108 cm³/mol. The van der Waals surface area contributed by atoms with Crippen LogP contribution in [-0.4, -0.2) is 27.2 Å². The Morgan fingerprint density at radius 3 is 2.89 bits per heavy atom. The van der Waals surface area contributed by atoms with Crippen molar-refractivity contribution < 1.29 is 4.79 Å². The van der Waals surface area contributed by atoms with Crippen LogP contribution in [0.15, 0.2) is 24.4 Å². The van der Waals surface area contributed by atoms with E-state index in [1.165, 1.54) is 35.0 Å². The average Bonchev–Trinajstić information content (AvgIpc) is 3.28. The Labute approximate surface area is 160 Å². The molecule has 0 spiro atoms. The van der Waals surface area contributed by atoms with E-state index in [1.807, 2.05) is 6.20 Å². The number of H-pyrrole nitrogens is 1. The van der Waals surface area contributed by atoms with Crippen molar-refractivity contribution in [2.24, 2.45) is 0 Å². The Hall–Kier alpha value is -2.56. The maximum Gasteiger partial charge on any atom is 0.224 e. The van der Waals surface area contributed by atoms with Gasteiger partial charge in [-0.1, -0.05) is 11.6 Å². The SMILES string of the molecule is Cc1cc(C)c2[nH]c(C)c(CC(=O)NCCCn3nccc3C3CC3)c2c1. The van der Waals surface area contributed by atoms with E-state index < -0.39 is 0 Å². The number of aromatic amines is 1. The van der Waals surface area contributed by atoms with Crippen molar-refractivity contribution in [1.82, 2.24) is 20.1 Å². The van der Waals surface area contributed by atoms with Gasteiger partial charge in [0, 0.05) is 47.5 Å². The van der Waals surface area contributed by atoms with Gasteiger partial charge < -0.3 is 10.3 Å². The fourth-order valence-electron chi connectivity index (χ4n) is 4.00. The highest BCUT2D eigenvalue weighted by Crippen LogP contribution is 2.39. The quantitative estimate of drug-likeness (QED) is 0.624. The number of aromatic nitrogens is 3. The third-order valence-electron chi connectivity index (χ3n) is 5.52. The van der Waals surface area contributed by atoms with Crippen LogP contribution in [-0.2, 0) is 17.8 Å². The first kappa shape index (κ1) is 17.8. The molecule has 2 heterocycles. The van der Waals surface area contributed by atoms with Crippen LogP contribution in [0.3, 0.4) is 0 Å². The number of nitrogens with zero attached hydrogens (tertiary/aromatic N) is 2. The number of rotatable bonds is 7. The summed E-state index contributed by atoms with van der Waals surface area (Å²) < 4.78 is 2.10. The zero-order chi connectivity index (χ0) is 19.0. The summed E-state index contributed by atoms with van der Waals surface area (Å²) in [5.74, 6) is 0.792. The van der Waals surface area contributed by atoms with Crippen LogP contribution in [0.2, 0.25) is 0 Å². The summed E-state index contributed by atoms with van der Waals surface area (Å²) >= 11 is 0. The molecule has 3 aromatic rings. The Morgan fingerprint density at radius 2 is 2.11 bits per heavy atom. The minimum Gasteiger partial charge on any atom is -0.358 e. The predicted octanol–water partition coefficient (Wildman–Crippen LogP) is 3.92. The molecule has 2 aromatic heterocycles. The molecule has 0 saturated heterocycles. The molecule has 1 aliphatic rings. The summed E-state index contributed by atoms with van der Waals surface area (Å²) in [6.45, 7) is 7.81. The van der Waals surface area contributed by atoms with Gasteiger partial charge in [0.1, 0.15) is 0 Å². The topological polar surface area (TPSA) is 62.7 Å². The summed E-state index contributed by atoms with van der Waals surface area (Å²) in [6.07, 6.45) is 5.77. The molecule has 2 N–H and O–H groups in total. The van der Waals surface area contributed by atoms with Crippen molar-refractivity contribution in [2.45, 2.75) is 58.9 Å². The molecular formula is C22H28N4O. The van der Waals surface area contributed by atoms with Gasteiger partial charge in [-0.05, 0) is 63.3 Å². The van der Waals surface area contributed by atoms with Crippen molar-refractivity contribution in [2.75, 3.05) is 6.54 Å². The lowest BCUT2D eigenvalue weighted by Gasteiger charge is -2.08. The van der Waals surface area contributed by atoms with Gasteiger partial charge in [0.25, 0.3) is 0 Å². The molecule has 5 nitrogen and oxygen atoms in total. The highest BCUT2D eigenvalue weighted by atomic mass is 16.1. The first-order valence-electron chi connectivity index (χ1n) is 9.89. The number of benzene rings is 1. The number of amides is 1. The van der Waals surface area contributed by atoms with E-state index in [1.54, 1.807) is 0 Å². The van der Waals surface area contributed by atoms with Crippen molar-refractivity contribution in [1.29, 1.82) is 0 Å². The lowest BCUT2D eigenvalue weighted by molar-refractivity contribution is -0.120. The number of hydrogen-bond donors (Lipinski definition) is 2. The fourth-order valence-corrected chi connectivity index (χ4v) is 4.00. The van der Waals surface area contributed by atoms with Crippen molar-refractivity contribution >= 4 is 16.8 Å². The van der Waals surface area contributed by atoms with Gasteiger partial charge in [-0.2, -0.15) is 5.10 Å².